The summed E-state index contributed by atoms with van der Waals surface area (Å²) in [5, 5.41) is 7.51. The average molecular weight is 429 g/mol. The number of hydrogen-bond donors (Lipinski definition) is 2. The molecule has 0 amide bonds. The van der Waals surface area contributed by atoms with Gasteiger partial charge in [0.25, 0.3) is 0 Å². The van der Waals surface area contributed by atoms with Crippen molar-refractivity contribution in [3.63, 3.8) is 0 Å². The molecule has 0 saturated carbocycles. The van der Waals surface area contributed by atoms with Crippen LogP contribution in [0.1, 0.15) is 25.5 Å². The fourth-order valence-corrected chi connectivity index (χ4v) is 4.15. The molecule has 1 unspecified atom stereocenters. The van der Waals surface area contributed by atoms with E-state index in [0.29, 0.717) is 6.54 Å². The van der Waals surface area contributed by atoms with Gasteiger partial charge in [0.15, 0.2) is 16.7 Å². The number of furan rings is 1. The summed E-state index contributed by atoms with van der Waals surface area (Å²) in [5.74, 6) is 2.37. The number of guanidine groups is 1. The number of benzene rings is 1. The molecule has 3 heterocycles. The summed E-state index contributed by atoms with van der Waals surface area (Å²) in [6.07, 6.45) is 2.18. The summed E-state index contributed by atoms with van der Waals surface area (Å²) in [5.41, 5.74) is 0.997. The van der Waals surface area contributed by atoms with Crippen molar-refractivity contribution in [3.8, 4) is 10.8 Å². The third-order valence-electron chi connectivity index (χ3n) is 4.76. The highest BCUT2D eigenvalue weighted by atomic mass is 32.1. The molecule has 3 aromatic rings. The molecule has 0 spiro atoms. The first-order valence-corrected chi connectivity index (χ1v) is 11.3. The van der Waals surface area contributed by atoms with E-state index in [2.05, 4.69) is 33.6 Å². The van der Waals surface area contributed by atoms with Crippen molar-refractivity contribution in [1.82, 2.24) is 15.6 Å². The molecule has 4 rings (SSSR count). The van der Waals surface area contributed by atoms with Gasteiger partial charge >= 0.3 is 0 Å². The van der Waals surface area contributed by atoms with E-state index in [9.17, 15) is 0 Å². The van der Waals surface area contributed by atoms with Gasteiger partial charge in [0, 0.05) is 26.3 Å². The van der Waals surface area contributed by atoms with Crippen LogP contribution in [-0.2, 0) is 16.0 Å². The molecule has 1 aliphatic heterocycles. The third-order valence-corrected chi connectivity index (χ3v) is 5.81. The lowest BCUT2D eigenvalue weighted by atomic mass is 10.3. The maximum absolute atomic E-state index is 5.98. The third kappa shape index (κ3) is 5.59. The smallest absolute Gasteiger partial charge is 0.191 e. The maximum Gasteiger partial charge on any atom is 0.191 e. The van der Waals surface area contributed by atoms with E-state index >= 15 is 0 Å². The van der Waals surface area contributed by atoms with E-state index in [4.69, 9.17) is 13.9 Å². The van der Waals surface area contributed by atoms with Crippen LogP contribution in [0.5, 0.6) is 0 Å². The minimum atomic E-state index is 0.260. The second-order valence-electron chi connectivity index (χ2n) is 7.08. The monoisotopic (exact) mass is 428 g/mol. The summed E-state index contributed by atoms with van der Waals surface area (Å²) in [6.45, 7) is 6.39. The summed E-state index contributed by atoms with van der Waals surface area (Å²) >= 11 is 1.64. The van der Waals surface area contributed by atoms with Crippen molar-refractivity contribution in [3.05, 3.63) is 42.2 Å². The van der Waals surface area contributed by atoms with E-state index in [1.54, 1.807) is 11.3 Å². The molecule has 2 N–H and O–H groups in total. The number of para-hydroxylation sites is 1. The van der Waals surface area contributed by atoms with Gasteiger partial charge in [0.05, 0.1) is 22.9 Å². The molecule has 1 aromatic carbocycles. The molecule has 2 aromatic heterocycles. The maximum atomic E-state index is 5.98. The van der Waals surface area contributed by atoms with Crippen molar-refractivity contribution >= 4 is 27.5 Å². The van der Waals surface area contributed by atoms with Crippen LogP contribution < -0.4 is 10.6 Å². The Morgan fingerprint density at radius 1 is 1.27 bits per heavy atom. The molecule has 1 atom stereocenters. The predicted molar refractivity (Wildman–Crippen MR) is 120 cm³/mol. The van der Waals surface area contributed by atoms with Crippen molar-refractivity contribution in [2.45, 2.75) is 32.4 Å². The largest absolute Gasteiger partial charge is 0.457 e. The molecule has 7 nitrogen and oxygen atoms in total. The van der Waals surface area contributed by atoms with E-state index in [-0.39, 0.29) is 6.10 Å². The zero-order valence-electron chi connectivity index (χ0n) is 17.2. The Labute approximate surface area is 180 Å². The lowest BCUT2D eigenvalue weighted by Gasteiger charge is -2.12. The topological polar surface area (TPSA) is 80.9 Å². The number of rotatable bonds is 9. The van der Waals surface area contributed by atoms with Gasteiger partial charge in [-0.15, -0.1) is 11.3 Å². The normalized spacial score (nSPS) is 17.0. The van der Waals surface area contributed by atoms with Crippen molar-refractivity contribution < 1.29 is 13.9 Å². The summed E-state index contributed by atoms with van der Waals surface area (Å²) < 4.78 is 18.3. The quantitative estimate of drug-likeness (QED) is 0.306. The highest BCUT2D eigenvalue weighted by molar-refractivity contribution is 7.21. The second kappa shape index (κ2) is 10.6. The molecule has 1 saturated heterocycles. The number of ether oxygens (including phenoxy) is 2. The first-order valence-electron chi connectivity index (χ1n) is 10.5. The Bertz CT molecular complexity index is 929. The van der Waals surface area contributed by atoms with E-state index in [1.807, 2.05) is 30.3 Å². The molecular formula is C22H28N4O3S. The summed E-state index contributed by atoms with van der Waals surface area (Å²) in [4.78, 5) is 9.28. The SMILES string of the molecule is CCNC(=NCc1ccc(-c2nc3ccccc3s2)o1)NCCCOC1CCOC1. The van der Waals surface area contributed by atoms with Crippen molar-refractivity contribution in [2.75, 3.05) is 32.9 Å². The van der Waals surface area contributed by atoms with Crippen LogP contribution in [0.4, 0.5) is 0 Å². The average Bonchev–Trinajstić information content (AvgIpc) is 3.51. The van der Waals surface area contributed by atoms with Gasteiger partial charge in [-0.1, -0.05) is 12.1 Å². The number of nitrogens with zero attached hydrogens (tertiary/aromatic N) is 2. The number of nitrogens with one attached hydrogen (secondary N) is 2. The number of aromatic nitrogens is 1. The minimum absolute atomic E-state index is 0.260. The van der Waals surface area contributed by atoms with E-state index in [1.165, 1.54) is 0 Å². The zero-order valence-corrected chi connectivity index (χ0v) is 18.0. The van der Waals surface area contributed by atoms with Gasteiger partial charge in [-0.3, -0.25) is 0 Å². The first kappa shape index (κ1) is 20.8. The molecule has 160 valence electrons. The molecule has 0 bridgehead atoms. The van der Waals surface area contributed by atoms with E-state index in [0.717, 1.165) is 78.5 Å². The highest BCUT2D eigenvalue weighted by Crippen LogP contribution is 2.31. The van der Waals surface area contributed by atoms with Gasteiger partial charge in [0.2, 0.25) is 0 Å². The lowest BCUT2D eigenvalue weighted by Crippen LogP contribution is -2.38. The Hall–Kier alpha value is -2.42. The molecule has 1 fully saturated rings. The molecule has 30 heavy (non-hydrogen) atoms. The van der Waals surface area contributed by atoms with Gasteiger partial charge < -0.3 is 24.5 Å². The van der Waals surface area contributed by atoms with Crippen LogP contribution in [-0.4, -0.2) is 50.0 Å². The van der Waals surface area contributed by atoms with Gasteiger partial charge in [-0.2, -0.15) is 0 Å². The Morgan fingerprint density at radius 3 is 3.03 bits per heavy atom. The minimum Gasteiger partial charge on any atom is -0.457 e. The molecule has 8 heteroatoms. The number of thiazole rings is 1. The van der Waals surface area contributed by atoms with Crippen LogP contribution in [0.2, 0.25) is 0 Å². The Balaban J connectivity index is 1.28. The highest BCUT2D eigenvalue weighted by Gasteiger charge is 2.15. The lowest BCUT2D eigenvalue weighted by molar-refractivity contribution is 0.0420. The fraction of sp³-hybridized carbons (Fsp3) is 0.455. The van der Waals surface area contributed by atoms with E-state index < -0.39 is 0 Å². The van der Waals surface area contributed by atoms with Crippen LogP contribution in [0.3, 0.4) is 0 Å². The van der Waals surface area contributed by atoms with Gasteiger partial charge in [-0.05, 0) is 44.0 Å². The molecule has 0 aliphatic carbocycles. The number of aliphatic imine (C=N–C) groups is 1. The van der Waals surface area contributed by atoms with Crippen molar-refractivity contribution in [2.24, 2.45) is 4.99 Å². The fourth-order valence-electron chi connectivity index (χ4n) is 3.23. The zero-order chi connectivity index (χ0) is 20.6. The van der Waals surface area contributed by atoms with Gasteiger partial charge in [-0.25, -0.2) is 9.98 Å². The number of fused-ring (bicyclic) bond motifs is 1. The van der Waals surface area contributed by atoms with Gasteiger partial charge in [0.1, 0.15) is 12.3 Å². The standard InChI is InChI=1S/C22H28N4O3S/c1-2-23-22(24-11-5-12-28-17-10-13-27-15-17)25-14-16-8-9-19(29-16)21-26-18-6-3-4-7-20(18)30-21/h3-4,6-9,17H,2,5,10-15H2,1H3,(H2,23,24,25). The second-order valence-corrected chi connectivity index (χ2v) is 8.12. The van der Waals surface area contributed by atoms with Crippen molar-refractivity contribution in [1.29, 1.82) is 0 Å². The summed E-state index contributed by atoms with van der Waals surface area (Å²) in [7, 11) is 0. The van der Waals surface area contributed by atoms with Crippen LogP contribution >= 0.6 is 11.3 Å². The van der Waals surface area contributed by atoms with Crippen LogP contribution in [0, 0.1) is 0 Å². The van der Waals surface area contributed by atoms with Crippen LogP contribution in [0.25, 0.3) is 21.0 Å². The molecule has 0 radical (unpaired) electrons. The predicted octanol–water partition coefficient (Wildman–Crippen LogP) is 3.81. The number of hydrogen-bond acceptors (Lipinski definition) is 6. The Morgan fingerprint density at radius 2 is 2.20 bits per heavy atom. The Kier molecular flexibility index (Phi) is 7.34. The first-order chi connectivity index (χ1) is 14.8. The summed E-state index contributed by atoms with van der Waals surface area (Å²) in [6, 6.07) is 12.0. The molecule has 1 aliphatic rings. The van der Waals surface area contributed by atoms with Crippen LogP contribution in [0.15, 0.2) is 45.8 Å². The molecular weight excluding hydrogens is 400 g/mol.